The lowest BCUT2D eigenvalue weighted by Crippen LogP contribution is -1.90. The summed E-state index contributed by atoms with van der Waals surface area (Å²) in [5.41, 5.74) is 0.0988. The Kier molecular flexibility index (Phi) is 3.13. The quantitative estimate of drug-likeness (QED) is 0.496. The van der Waals surface area contributed by atoms with Crippen LogP contribution in [-0.4, -0.2) is 10.2 Å². The van der Waals surface area contributed by atoms with Gasteiger partial charge in [-0.05, 0) is 12.1 Å². The van der Waals surface area contributed by atoms with Gasteiger partial charge in [-0.1, -0.05) is 48.5 Å². The molecule has 2 N–H and O–H groups in total. The summed E-state index contributed by atoms with van der Waals surface area (Å²) >= 11 is 0. The smallest absolute Gasteiger partial charge is 0.131 e. The highest BCUT2D eigenvalue weighted by Gasteiger charge is 2.18. The van der Waals surface area contributed by atoms with Crippen LogP contribution in [-0.2, 0) is 0 Å². The molecular weight excluding hydrogens is 310 g/mol. The molecule has 24 heavy (non-hydrogen) atoms. The number of aromatic hydroxyl groups is 2. The monoisotopic (exact) mass is 322 g/mol. The van der Waals surface area contributed by atoms with Crippen LogP contribution in [0.2, 0.25) is 0 Å². The maximum atomic E-state index is 14.4. The molecule has 0 heterocycles. The Morgan fingerprint density at radius 2 is 0.875 bits per heavy atom. The second kappa shape index (κ2) is 5.20. The van der Waals surface area contributed by atoms with Gasteiger partial charge in [-0.2, -0.15) is 0 Å². The maximum Gasteiger partial charge on any atom is 0.131 e. The number of hydrogen-bond donors (Lipinski definition) is 2. The minimum absolute atomic E-state index is 0.0494. The van der Waals surface area contributed by atoms with Crippen LogP contribution in [0.15, 0.2) is 60.7 Å². The van der Waals surface area contributed by atoms with Crippen molar-refractivity contribution in [3.05, 3.63) is 72.3 Å². The summed E-state index contributed by atoms with van der Waals surface area (Å²) in [5.74, 6) is -1.49. The summed E-state index contributed by atoms with van der Waals surface area (Å²) in [5, 5.41) is 22.2. The van der Waals surface area contributed by atoms with Crippen molar-refractivity contribution in [1.29, 1.82) is 0 Å². The topological polar surface area (TPSA) is 40.5 Å². The molecule has 118 valence electrons. The minimum atomic E-state index is -0.550. The summed E-state index contributed by atoms with van der Waals surface area (Å²) in [6.07, 6.45) is 0. The minimum Gasteiger partial charge on any atom is -0.507 e. The molecule has 2 nitrogen and oxygen atoms in total. The highest BCUT2D eigenvalue weighted by Crippen LogP contribution is 2.44. The summed E-state index contributed by atoms with van der Waals surface area (Å²) < 4.78 is 28.7. The van der Waals surface area contributed by atoms with Gasteiger partial charge in [0, 0.05) is 32.7 Å². The zero-order valence-electron chi connectivity index (χ0n) is 12.4. The van der Waals surface area contributed by atoms with E-state index in [1.807, 2.05) is 0 Å². The van der Waals surface area contributed by atoms with Crippen molar-refractivity contribution < 1.29 is 19.0 Å². The van der Waals surface area contributed by atoms with Gasteiger partial charge in [0.05, 0.1) is 0 Å². The Bertz CT molecular complexity index is 1010. The van der Waals surface area contributed by atoms with E-state index < -0.39 is 11.6 Å². The van der Waals surface area contributed by atoms with Crippen molar-refractivity contribution in [1.82, 2.24) is 0 Å². The molecule has 0 unspecified atom stereocenters. The zero-order valence-corrected chi connectivity index (χ0v) is 12.4. The highest BCUT2D eigenvalue weighted by molar-refractivity contribution is 6.00. The van der Waals surface area contributed by atoms with E-state index in [0.717, 1.165) is 12.1 Å². The van der Waals surface area contributed by atoms with Crippen molar-refractivity contribution in [2.45, 2.75) is 0 Å². The van der Waals surface area contributed by atoms with E-state index in [1.165, 1.54) is 0 Å². The van der Waals surface area contributed by atoms with E-state index in [9.17, 15) is 19.0 Å². The van der Waals surface area contributed by atoms with Crippen LogP contribution >= 0.6 is 0 Å². The van der Waals surface area contributed by atoms with Crippen molar-refractivity contribution in [2.75, 3.05) is 0 Å². The van der Waals surface area contributed by atoms with E-state index in [-0.39, 0.29) is 33.4 Å². The van der Waals surface area contributed by atoms with Crippen molar-refractivity contribution in [3.8, 4) is 22.6 Å². The number of phenols is 2. The first kappa shape index (κ1) is 14.5. The molecule has 0 atom stereocenters. The third-order valence-electron chi connectivity index (χ3n) is 4.22. The van der Waals surface area contributed by atoms with Crippen LogP contribution < -0.4 is 0 Å². The standard InChI is InChI=1S/C20H12F2O2/c21-17-9-15(19(23)13-7-3-1-5-11(13)17)16-10-18(22)12-6-2-4-8-14(12)20(16)24/h1-10,23-24H. The average molecular weight is 322 g/mol. The molecular formula is C20H12F2O2. The van der Waals surface area contributed by atoms with Crippen molar-refractivity contribution in [3.63, 3.8) is 0 Å². The Hall–Kier alpha value is -3.14. The maximum absolute atomic E-state index is 14.4. The second-order valence-corrected chi connectivity index (χ2v) is 5.60. The number of halogens is 2. The number of fused-ring (bicyclic) bond motifs is 2. The van der Waals surface area contributed by atoms with E-state index in [1.54, 1.807) is 48.5 Å². The Labute approximate surface area is 136 Å². The molecule has 0 fully saturated rings. The van der Waals surface area contributed by atoms with Gasteiger partial charge < -0.3 is 10.2 Å². The Balaban J connectivity index is 2.10. The molecule has 0 radical (unpaired) electrons. The number of benzene rings is 4. The fraction of sp³-hybridized carbons (Fsp3) is 0. The predicted molar refractivity (Wildman–Crippen MR) is 90.1 cm³/mol. The molecule has 0 bridgehead atoms. The van der Waals surface area contributed by atoms with Crippen LogP contribution in [0.25, 0.3) is 32.7 Å². The van der Waals surface area contributed by atoms with Gasteiger partial charge in [0.2, 0.25) is 0 Å². The van der Waals surface area contributed by atoms with Crippen LogP contribution in [0.1, 0.15) is 0 Å². The molecule has 0 aliphatic carbocycles. The molecule has 0 amide bonds. The number of rotatable bonds is 1. The molecule has 0 saturated heterocycles. The van der Waals surface area contributed by atoms with E-state index >= 15 is 0 Å². The lowest BCUT2D eigenvalue weighted by Gasteiger charge is -2.13. The summed E-state index contributed by atoms with van der Waals surface area (Å²) in [4.78, 5) is 0. The summed E-state index contributed by atoms with van der Waals surface area (Å²) in [6.45, 7) is 0. The SMILES string of the molecule is Oc1c(-c2cc(F)c3ccccc3c2O)cc(F)c2ccccc12. The van der Waals surface area contributed by atoms with Gasteiger partial charge in [-0.15, -0.1) is 0 Å². The van der Waals surface area contributed by atoms with Gasteiger partial charge in [-0.25, -0.2) is 8.78 Å². The number of phenolic OH excluding ortho intramolecular Hbond substituents is 2. The molecule has 4 aromatic rings. The van der Waals surface area contributed by atoms with Gasteiger partial charge in [0.25, 0.3) is 0 Å². The van der Waals surface area contributed by atoms with E-state index in [4.69, 9.17) is 0 Å². The van der Waals surface area contributed by atoms with Crippen molar-refractivity contribution in [2.24, 2.45) is 0 Å². The average Bonchev–Trinajstić information content (AvgIpc) is 2.61. The van der Waals surface area contributed by atoms with E-state index in [0.29, 0.717) is 10.8 Å². The van der Waals surface area contributed by atoms with Crippen LogP contribution in [0.5, 0.6) is 11.5 Å². The predicted octanol–water partition coefficient (Wildman–Crippen LogP) is 5.35. The van der Waals surface area contributed by atoms with Crippen LogP contribution in [0.4, 0.5) is 8.78 Å². The summed E-state index contributed by atoms with van der Waals surface area (Å²) in [7, 11) is 0. The lowest BCUT2D eigenvalue weighted by atomic mass is 9.95. The van der Waals surface area contributed by atoms with Gasteiger partial charge >= 0.3 is 0 Å². The third-order valence-corrected chi connectivity index (χ3v) is 4.22. The third kappa shape index (κ3) is 2.00. The van der Waals surface area contributed by atoms with Crippen LogP contribution in [0, 0.1) is 11.6 Å². The molecule has 0 aliphatic heterocycles. The van der Waals surface area contributed by atoms with Crippen LogP contribution in [0.3, 0.4) is 0 Å². The Morgan fingerprint density at radius 3 is 1.25 bits per heavy atom. The second-order valence-electron chi connectivity index (χ2n) is 5.60. The molecule has 4 rings (SSSR count). The molecule has 0 aromatic heterocycles. The molecule has 0 saturated carbocycles. The lowest BCUT2D eigenvalue weighted by molar-refractivity contribution is 0.474. The molecule has 0 aliphatic rings. The van der Waals surface area contributed by atoms with Crippen molar-refractivity contribution >= 4 is 21.5 Å². The van der Waals surface area contributed by atoms with Gasteiger partial charge in [0.15, 0.2) is 0 Å². The molecule has 4 aromatic carbocycles. The normalized spacial score (nSPS) is 11.2. The Morgan fingerprint density at radius 1 is 0.542 bits per heavy atom. The number of hydrogen-bond acceptors (Lipinski definition) is 2. The van der Waals surface area contributed by atoms with Gasteiger partial charge in [-0.3, -0.25) is 0 Å². The first-order valence-electron chi connectivity index (χ1n) is 7.38. The summed E-state index contributed by atoms with van der Waals surface area (Å²) in [6, 6.07) is 15.1. The largest absolute Gasteiger partial charge is 0.507 e. The first-order valence-corrected chi connectivity index (χ1v) is 7.38. The first-order chi connectivity index (χ1) is 11.6. The highest BCUT2D eigenvalue weighted by atomic mass is 19.1. The zero-order chi connectivity index (χ0) is 16.8. The fourth-order valence-electron chi connectivity index (χ4n) is 3.04. The van der Waals surface area contributed by atoms with Gasteiger partial charge in [0.1, 0.15) is 23.1 Å². The fourth-order valence-corrected chi connectivity index (χ4v) is 3.04. The van der Waals surface area contributed by atoms with E-state index in [2.05, 4.69) is 0 Å². The molecule has 4 heteroatoms. The molecule has 0 spiro atoms.